The Balaban J connectivity index is 1.50. The number of carbonyl (C=O) groups is 1. The molecule has 1 atom stereocenters. The van der Waals surface area contributed by atoms with Crippen LogP contribution >= 0.6 is 23.4 Å². The molecular weight excluding hydrogens is 497 g/mol. The van der Waals surface area contributed by atoms with Crippen LogP contribution in [-0.2, 0) is 4.79 Å². The predicted molar refractivity (Wildman–Crippen MR) is 141 cm³/mol. The van der Waals surface area contributed by atoms with Gasteiger partial charge in [0.25, 0.3) is 5.91 Å². The highest BCUT2D eigenvalue weighted by Crippen LogP contribution is 2.41. The molecule has 0 N–H and O–H groups in total. The van der Waals surface area contributed by atoms with Gasteiger partial charge in [-0.2, -0.15) is 15.2 Å². The number of benzene rings is 3. The van der Waals surface area contributed by atoms with Crippen molar-refractivity contribution in [3.63, 3.8) is 0 Å². The van der Waals surface area contributed by atoms with E-state index in [2.05, 4.69) is 4.99 Å². The third-order valence-corrected chi connectivity index (χ3v) is 7.33. The number of hydrazone groups is 1. The zero-order valence-electron chi connectivity index (χ0n) is 18.9. The summed E-state index contributed by atoms with van der Waals surface area (Å²) in [5.41, 5.74) is 4.90. The van der Waals surface area contributed by atoms with E-state index in [0.717, 1.165) is 28.1 Å². The molecule has 0 saturated carbocycles. The second-order valence-corrected chi connectivity index (χ2v) is 9.74. The molecule has 36 heavy (non-hydrogen) atoms. The molecule has 1 amide bonds. The van der Waals surface area contributed by atoms with Crippen molar-refractivity contribution < 1.29 is 9.18 Å². The number of aliphatic imine (C=N–C) groups is 1. The van der Waals surface area contributed by atoms with Crippen molar-refractivity contribution in [2.45, 2.75) is 12.5 Å². The second-order valence-electron chi connectivity index (χ2n) is 8.39. The van der Waals surface area contributed by atoms with E-state index in [1.54, 1.807) is 17.1 Å². The molecule has 3 aromatic carbocycles. The first kappa shape index (κ1) is 22.7. The molecule has 6 rings (SSSR count). The molecule has 0 fully saturated rings. The summed E-state index contributed by atoms with van der Waals surface area (Å²) >= 11 is 7.88. The highest BCUT2D eigenvalue weighted by atomic mass is 35.5. The number of hydrogen-bond donors (Lipinski definition) is 0. The van der Waals surface area contributed by atoms with Gasteiger partial charge in [-0.1, -0.05) is 59.8 Å². The van der Waals surface area contributed by atoms with E-state index in [4.69, 9.17) is 21.8 Å². The number of aromatic nitrogens is 2. The van der Waals surface area contributed by atoms with Crippen LogP contribution in [0.15, 0.2) is 95.2 Å². The fraction of sp³-hybridized carbons (Fsp3) is 0.111. The number of para-hydroxylation sites is 1. The fourth-order valence-electron chi connectivity index (χ4n) is 4.38. The van der Waals surface area contributed by atoms with Crippen molar-refractivity contribution in [3.05, 3.63) is 107 Å². The molecular formula is C27H19ClFN5OS. The monoisotopic (exact) mass is 515 g/mol. The van der Waals surface area contributed by atoms with Crippen LogP contribution in [0.3, 0.4) is 0 Å². The van der Waals surface area contributed by atoms with E-state index in [1.165, 1.54) is 23.9 Å². The fourth-order valence-corrected chi connectivity index (χ4v) is 5.41. The van der Waals surface area contributed by atoms with Gasteiger partial charge in [-0.15, -0.1) is 0 Å². The molecule has 0 saturated heterocycles. The standard InChI is InChI=1S/C27H19ClFN5OS/c28-22-9-5-4-8-20(22)23-14-24(34(31-23)27-30-25(35)16-36-27)21-15-33(19-6-2-1-3-7-19)32-26(21)17-10-12-18(29)13-11-17/h1-13,15,24H,14,16H2. The van der Waals surface area contributed by atoms with Gasteiger partial charge in [0.1, 0.15) is 5.82 Å². The molecule has 1 unspecified atom stereocenters. The van der Waals surface area contributed by atoms with E-state index in [9.17, 15) is 9.18 Å². The van der Waals surface area contributed by atoms with E-state index in [0.29, 0.717) is 22.3 Å². The van der Waals surface area contributed by atoms with Crippen LogP contribution in [-0.4, -0.2) is 37.3 Å². The number of hydrogen-bond acceptors (Lipinski definition) is 5. The van der Waals surface area contributed by atoms with Gasteiger partial charge in [0.2, 0.25) is 0 Å². The molecule has 0 bridgehead atoms. The molecule has 1 aromatic heterocycles. The summed E-state index contributed by atoms with van der Waals surface area (Å²) in [7, 11) is 0. The lowest BCUT2D eigenvalue weighted by Gasteiger charge is -2.22. The van der Waals surface area contributed by atoms with Crippen LogP contribution in [0.4, 0.5) is 4.39 Å². The minimum absolute atomic E-state index is 0.186. The number of halogens is 2. The molecule has 0 spiro atoms. The van der Waals surface area contributed by atoms with Crippen LogP contribution in [0.25, 0.3) is 16.9 Å². The number of rotatable bonds is 4. The molecule has 3 heterocycles. The quantitative estimate of drug-likeness (QED) is 0.329. The molecule has 4 aromatic rings. The van der Waals surface area contributed by atoms with Gasteiger partial charge >= 0.3 is 0 Å². The Labute approximate surface area is 216 Å². The Morgan fingerprint density at radius 3 is 2.44 bits per heavy atom. The van der Waals surface area contributed by atoms with Crippen LogP contribution in [0.1, 0.15) is 23.6 Å². The molecule has 6 nitrogen and oxygen atoms in total. The highest BCUT2D eigenvalue weighted by Gasteiger charge is 2.37. The molecule has 0 aliphatic carbocycles. The van der Waals surface area contributed by atoms with Gasteiger partial charge in [-0.25, -0.2) is 14.1 Å². The van der Waals surface area contributed by atoms with Crippen molar-refractivity contribution in [3.8, 4) is 16.9 Å². The Bertz CT molecular complexity index is 1520. The molecule has 2 aliphatic heterocycles. The lowest BCUT2D eigenvalue weighted by Crippen LogP contribution is -2.24. The number of carbonyl (C=O) groups excluding carboxylic acids is 1. The van der Waals surface area contributed by atoms with Gasteiger partial charge in [0.15, 0.2) is 5.17 Å². The smallest absolute Gasteiger partial charge is 0.258 e. The van der Waals surface area contributed by atoms with E-state index in [-0.39, 0.29) is 23.5 Å². The van der Waals surface area contributed by atoms with Gasteiger partial charge < -0.3 is 0 Å². The zero-order valence-corrected chi connectivity index (χ0v) is 20.5. The van der Waals surface area contributed by atoms with Gasteiger partial charge in [-0.05, 0) is 42.5 Å². The summed E-state index contributed by atoms with van der Waals surface area (Å²) in [6, 6.07) is 23.4. The van der Waals surface area contributed by atoms with Crippen LogP contribution < -0.4 is 0 Å². The number of nitrogens with zero attached hydrogens (tertiary/aromatic N) is 5. The van der Waals surface area contributed by atoms with E-state index >= 15 is 0 Å². The SMILES string of the molecule is O=C1CSC(N2N=C(c3ccccc3Cl)CC2c2cn(-c3ccccc3)nc2-c2ccc(F)cc2)=N1. The summed E-state index contributed by atoms with van der Waals surface area (Å²) in [5.74, 6) is -0.220. The maximum Gasteiger partial charge on any atom is 0.258 e. The van der Waals surface area contributed by atoms with Gasteiger partial charge in [0, 0.05) is 34.3 Å². The summed E-state index contributed by atoms with van der Waals surface area (Å²) in [6.45, 7) is 0. The summed E-state index contributed by atoms with van der Waals surface area (Å²) in [4.78, 5) is 16.2. The lowest BCUT2D eigenvalue weighted by molar-refractivity contribution is -0.115. The van der Waals surface area contributed by atoms with Crippen LogP contribution in [0, 0.1) is 5.82 Å². The molecule has 178 valence electrons. The average Bonchev–Trinajstić information content (AvgIpc) is 3.63. The lowest BCUT2D eigenvalue weighted by atomic mass is 9.96. The van der Waals surface area contributed by atoms with Crippen molar-refractivity contribution in [2.24, 2.45) is 10.1 Å². The van der Waals surface area contributed by atoms with Crippen LogP contribution in [0.5, 0.6) is 0 Å². The number of thioether (sulfide) groups is 1. The Morgan fingerprint density at radius 2 is 1.72 bits per heavy atom. The molecule has 2 aliphatic rings. The highest BCUT2D eigenvalue weighted by molar-refractivity contribution is 8.14. The van der Waals surface area contributed by atoms with E-state index in [1.807, 2.05) is 65.5 Å². The largest absolute Gasteiger partial charge is 0.272 e. The summed E-state index contributed by atoms with van der Waals surface area (Å²) < 4.78 is 15.6. The van der Waals surface area contributed by atoms with Crippen molar-refractivity contribution >= 4 is 40.1 Å². The molecule has 0 radical (unpaired) electrons. The number of amides is 1. The minimum atomic E-state index is -0.315. The van der Waals surface area contributed by atoms with Crippen molar-refractivity contribution in [1.82, 2.24) is 14.8 Å². The normalized spacial score (nSPS) is 17.4. The van der Waals surface area contributed by atoms with Crippen molar-refractivity contribution in [2.75, 3.05) is 5.75 Å². The van der Waals surface area contributed by atoms with Gasteiger partial charge in [-0.3, -0.25) is 4.79 Å². The average molecular weight is 516 g/mol. The van der Waals surface area contributed by atoms with E-state index < -0.39 is 0 Å². The molecule has 9 heteroatoms. The Kier molecular flexibility index (Phi) is 5.91. The number of amidine groups is 1. The van der Waals surface area contributed by atoms with Crippen molar-refractivity contribution in [1.29, 1.82) is 0 Å². The maximum atomic E-state index is 13.7. The second kappa shape index (κ2) is 9.37. The summed E-state index contributed by atoms with van der Waals surface area (Å²) in [5, 5.41) is 12.7. The minimum Gasteiger partial charge on any atom is -0.272 e. The van der Waals surface area contributed by atoms with Crippen LogP contribution in [0.2, 0.25) is 5.02 Å². The zero-order chi connectivity index (χ0) is 24.6. The Morgan fingerprint density at radius 1 is 0.972 bits per heavy atom. The third kappa shape index (κ3) is 4.23. The van der Waals surface area contributed by atoms with Gasteiger partial charge in [0.05, 0.1) is 28.9 Å². The first-order valence-corrected chi connectivity index (χ1v) is 12.7. The predicted octanol–water partition coefficient (Wildman–Crippen LogP) is 6.11. The summed E-state index contributed by atoms with van der Waals surface area (Å²) in [6.07, 6.45) is 2.50. The maximum absolute atomic E-state index is 13.7. The third-order valence-electron chi connectivity index (χ3n) is 6.08. The first-order chi connectivity index (χ1) is 17.6. The Hall–Kier alpha value is -3.75. The topological polar surface area (TPSA) is 62.9 Å². The first-order valence-electron chi connectivity index (χ1n) is 11.3.